The SMILES string of the molecule is CN(C)S(=O)(=O)c1cccc(NC(=O)C[C@@H]2Oc3ccccc3NC2=O)c1. The Morgan fingerprint density at radius 2 is 1.93 bits per heavy atom. The standard InChI is InChI=1S/C18H19N3O5S/c1-21(2)27(24,25)13-7-5-6-12(10-13)19-17(22)11-16-18(23)20-14-8-3-4-9-15(14)26-16/h3-10,16H,11H2,1-2H3,(H,19,22)(H,20,23)/t16-/m0/s1. The van der Waals surface area contributed by atoms with Crippen molar-refractivity contribution in [3.05, 3.63) is 48.5 Å². The van der Waals surface area contributed by atoms with Gasteiger partial charge in [-0.2, -0.15) is 0 Å². The molecule has 142 valence electrons. The molecule has 1 aliphatic rings. The second kappa shape index (κ2) is 7.37. The summed E-state index contributed by atoms with van der Waals surface area (Å²) in [5.74, 6) is -0.379. The number of hydrogen-bond donors (Lipinski definition) is 2. The summed E-state index contributed by atoms with van der Waals surface area (Å²) in [6.45, 7) is 0. The van der Waals surface area contributed by atoms with Crippen molar-refractivity contribution in [2.45, 2.75) is 17.4 Å². The van der Waals surface area contributed by atoms with Crippen LogP contribution in [0.15, 0.2) is 53.4 Å². The highest BCUT2D eigenvalue weighted by atomic mass is 32.2. The van der Waals surface area contributed by atoms with Crippen molar-refractivity contribution in [3.8, 4) is 5.75 Å². The third kappa shape index (κ3) is 4.09. The van der Waals surface area contributed by atoms with Crippen LogP contribution in [0.2, 0.25) is 0 Å². The molecular formula is C18H19N3O5S. The number of para-hydroxylation sites is 2. The number of nitrogens with zero attached hydrogens (tertiary/aromatic N) is 1. The summed E-state index contributed by atoms with van der Waals surface area (Å²) in [5.41, 5.74) is 0.875. The lowest BCUT2D eigenvalue weighted by Gasteiger charge is -2.25. The molecule has 0 unspecified atom stereocenters. The number of hydrogen-bond acceptors (Lipinski definition) is 5. The predicted octanol–water partition coefficient (Wildman–Crippen LogP) is 1.67. The van der Waals surface area contributed by atoms with Crippen LogP contribution in [-0.2, 0) is 19.6 Å². The molecule has 3 rings (SSSR count). The maximum absolute atomic E-state index is 12.3. The van der Waals surface area contributed by atoms with E-state index in [4.69, 9.17) is 4.74 Å². The molecule has 2 aromatic rings. The van der Waals surface area contributed by atoms with Gasteiger partial charge in [0.15, 0.2) is 6.10 Å². The quantitative estimate of drug-likeness (QED) is 0.809. The first-order valence-corrected chi connectivity index (χ1v) is 9.60. The molecule has 2 amide bonds. The Labute approximate surface area is 157 Å². The van der Waals surface area contributed by atoms with Gasteiger partial charge < -0.3 is 15.4 Å². The van der Waals surface area contributed by atoms with Crippen LogP contribution in [0.5, 0.6) is 5.75 Å². The highest BCUT2D eigenvalue weighted by Gasteiger charge is 2.29. The Morgan fingerprint density at radius 1 is 1.19 bits per heavy atom. The van der Waals surface area contributed by atoms with Gasteiger partial charge in [0.1, 0.15) is 5.75 Å². The summed E-state index contributed by atoms with van der Waals surface area (Å²) in [4.78, 5) is 24.5. The van der Waals surface area contributed by atoms with Crippen LogP contribution in [0.4, 0.5) is 11.4 Å². The maximum atomic E-state index is 12.3. The van der Waals surface area contributed by atoms with Crippen molar-refractivity contribution in [1.82, 2.24) is 4.31 Å². The first-order valence-electron chi connectivity index (χ1n) is 8.16. The second-order valence-corrected chi connectivity index (χ2v) is 8.31. The normalized spacial score (nSPS) is 16.3. The van der Waals surface area contributed by atoms with E-state index < -0.39 is 27.9 Å². The van der Waals surface area contributed by atoms with Gasteiger partial charge in [-0.15, -0.1) is 0 Å². The van der Waals surface area contributed by atoms with Gasteiger partial charge >= 0.3 is 0 Å². The van der Waals surface area contributed by atoms with Crippen molar-refractivity contribution < 1.29 is 22.7 Å². The molecule has 0 bridgehead atoms. The Morgan fingerprint density at radius 3 is 2.67 bits per heavy atom. The fourth-order valence-electron chi connectivity index (χ4n) is 2.55. The number of carbonyl (C=O) groups excluding carboxylic acids is 2. The van der Waals surface area contributed by atoms with E-state index in [1.54, 1.807) is 30.3 Å². The largest absolute Gasteiger partial charge is 0.478 e. The van der Waals surface area contributed by atoms with Gasteiger partial charge in [0.2, 0.25) is 15.9 Å². The van der Waals surface area contributed by atoms with Crippen LogP contribution >= 0.6 is 0 Å². The molecule has 0 radical (unpaired) electrons. The van der Waals surface area contributed by atoms with E-state index in [9.17, 15) is 18.0 Å². The number of nitrogens with one attached hydrogen (secondary N) is 2. The number of amides is 2. The number of anilines is 2. The lowest BCUT2D eigenvalue weighted by atomic mass is 10.1. The minimum absolute atomic E-state index is 0.0610. The second-order valence-electron chi connectivity index (χ2n) is 6.16. The van der Waals surface area contributed by atoms with Crippen molar-refractivity contribution in [1.29, 1.82) is 0 Å². The summed E-state index contributed by atoms with van der Waals surface area (Å²) in [6.07, 6.45) is -1.17. The van der Waals surface area contributed by atoms with Gasteiger partial charge in [0.05, 0.1) is 17.0 Å². The van der Waals surface area contributed by atoms with Gasteiger partial charge in [-0.1, -0.05) is 18.2 Å². The summed E-state index contributed by atoms with van der Waals surface area (Å²) >= 11 is 0. The van der Waals surface area contributed by atoms with Crippen LogP contribution in [0, 0.1) is 0 Å². The van der Waals surface area contributed by atoms with E-state index >= 15 is 0 Å². The average Bonchev–Trinajstić information content (AvgIpc) is 2.62. The smallest absolute Gasteiger partial charge is 0.266 e. The lowest BCUT2D eigenvalue weighted by Crippen LogP contribution is -2.39. The third-order valence-electron chi connectivity index (χ3n) is 3.97. The van der Waals surface area contributed by atoms with E-state index in [-0.39, 0.29) is 11.3 Å². The minimum Gasteiger partial charge on any atom is -0.478 e. The molecule has 0 aromatic heterocycles. The molecule has 0 saturated carbocycles. The topological polar surface area (TPSA) is 105 Å². The fraction of sp³-hybridized carbons (Fsp3) is 0.222. The Balaban J connectivity index is 1.69. The van der Waals surface area contributed by atoms with E-state index in [1.165, 1.54) is 32.3 Å². The highest BCUT2D eigenvalue weighted by Crippen LogP contribution is 2.29. The van der Waals surface area contributed by atoms with Gasteiger partial charge in [0.25, 0.3) is 5.91 Å². The molecule has 0 fully saturated rings. The van der Waals surface area contributed by atoms with E-state index in [0.29, 0.717) is 17.1 Å². The van der Waals surface area contributed by atoms with E-state index in [0.717, 1.165) is 4.31 Å². The molecule has 0 saturated heterocycles. The number of rotatable bonds is 5. The molecule has 2 aromatic carbocycles. The van der Waals surface area contributed by atoms with Crippen molar-refractivity contribution in [2.75, 3.05) is 24.7 Å². The first kappa shape index (κ1) is 18.9. The lowest BCUT2D eigenvalue weighted by molar-refractivity contribution is -0.128. The zero-order chi connectivity index (χ0) is 19.6. The molecule has 0 aliphatic carbocycles. The highest BCUT2D eigenvalue weighted by molar-refractivity contribution is 7.89. The van der Waals surface area contributed by atoms with Crippen molar-refractivity contribution >= 4 is 33.2 Å². The third-order valence-corrected chi connectivity index (χ3v) is 5.78. The molecule has 8 nitrogen and oxygen atoms in total. The van der Waals surface area contributed by atoms with Crippen LogP contribution in [-0.4, -0.2) is 44.7 Å². The van der Waals surface area contributed by atoms with Gasteiger partial charge in [-0.05, 0) is 30.3 Å². The zero-order valence-corrected chi connectivity index (χ0v) is 15.6. The maximum Gasteiger partial charge on any atom is 0.266 e. The molecule has 0 spiro atoms. The van der Waals surface area contributed by atoms with Crippen molar-refractivity contribution in [3.63, 3.8) is 0 Å². The molecular weight excluding hydrogens is 370 g/mol. The predicted molar refractivity (Wildman–Crippen MR) is 100 cm³/mol. The molecule has 1 heterocycles. The number of ether oxygens (including phenoxy) is 1. The average molecular weight is 389 g/mol. The number of fused-ring (bicyclic) bond motifs is 1. The molecule has 27 heavy (non-hydrogen) atoms. The first-order chi connectivity index (χ1) is 12.8. The number of sulfonamides is 1. The van der Waals surface area contributed by atoms with Gasteiger partial charge in [-0.25, -0.2) is 12.7 Å². The van der Waals surface area contributed by atoms with Gasteiger partial charge in [0, 0.05) is 19.8 Å². The zero-order valence-electron chi connectivity index (χ0n) is 14.8. The number of carbonyl (C=O) groups is 2. The van der Waals surface area contributed by atoms with E-state index in [1.807, 2.05) is 0 Å². The molecule has 9 heteroatoms. The molecule has 2 N–H and O–H groups in total. The summed E-state index contributed by atoms with van der Waals surface area (Å²) in [6, 6.07) is 12.9. The summed E-state index contributed by atoms with van der Waals surface area (Å²) < 4.78 is 31.0. The minimum atomic E-state index is -3.61. The van der Waals surface area contributed by atoms with E-state index in [2.05, 4.69) is 10.6 Å². The fourth-order valence-corrected chi connectivity index (χ4v) is 3.50. The molecule has 1 atom stereocenters. The summed E-state index contributed by atoms with van der Waals surface area (Å²) in [7, 11) is -0.755. The Bertz CT molecular complexity index is 988. The van der Waals surface area contributed by atoms with Crippen LogP contribution in [0.25, 0.3) is 0 Å². The van der Waals surface area contributed by atoms with Crippen LogP contribution < -0.4 is 15.4 Å². The van der Waals surface area contributed by atoms with Crippen molar-refractivity contribution in [2.24, 2.45) is 0 Å². The molecule has 1 aliphatic heterocycles. The summed E-state index contributed by atoms with van der Waals surface area (Å²) in [5, 5.41) is 5.30. The Hall–Kier alpha value is -2.91. The van der Waals surface area contributed by atoms with Crippen LogP contribution in [0.1, 0.15) is 6.42 Å². The van der Waals surface area contributed by atoms with Crippen LogP contribution in [0.3, 0.4) is 0 Å². The number of benzene rings is 2. The Kier molecular flexibility index (Phi) is 5.15. The monoisotopic (exact) mass is 389 g/mol. The van der Waals surface area contributed by atoms with Gasteiger partial charge in [-0.3, -0.25) is 9.59 Å².